The first-order valence-electron chi connectivity index (χ1n) is 10.0. The van der Waals surface area contributed by atoms with E-state index in [4.69, 9.17) is 9.47 Å². The van der Waals surface area contributed by atoms with Crippen molar-refractivity contribution in [2.24, 2.45) is 5.92 Å². The number of hydrogen-bond acceptors (Lipinski definition) is 5. The van der Waals surface area contributed by atoms with Crippen molar-refractivity contribution in [3.8, 4) is 11.5 Å². The number of amides is 1. The molecule has 0 aliphatic carbocycles. The van der Waals surface area contributed by atoms with Gasteiger partial charge in [-0.2, -0.15) is 0 Å². The third-order valence-corrected chi connectivity index (χ3v) is 5.48. The summed E-state index contributed by atoms with van der Waals surface area (Å²) in [6, 6.07) is 9.76. The fraction of sp³-hybridized carbons (Fsp3) is 0.455. The van der Waals surface area contributed by atoms with Gasteiger partial charge in [-0.3, -0.25) is 4.79 Å². The quantitative estimate of drug-likeness (QED) is 0.860. The summed E-state index contributed by atoms with van der Waals surface area (Å²) in [6.45, 7) is 3.12. The van der Waals surface area contributed by atoms with Gasteiger partial charge in [0.1, 0.15) is 5.82 Å². The molecule has 0 bridgehead atoms. The number of nitrogens with zero attached hydrogens (tertiary/aromatic N) is 2. The lowest BCUT2D eigenvalue weighted by Crippen LogP contribution is -2.35. The van der Waals surface area contributed by atoms with E-state index in [0.29, 0.717) is 18.1 Å². The molecule has 0 radical (unpaired) electrons. The summed E-state index contributed by atoms with van der Waals surface area (Å²) in [5.41, 5.74) is 1.84. The van der Waals surface area contributed by atoms with E-state index in [1.807, 2.05) is 29.2 Å². The molecule has 1 amide bonds. The summed E-state index contributed by atoms with van der Waals surface area (Å²) in [7, 11) is 1.66. The third kappa shape index (κ3) is 4.06. The molecule has 3 heterocycles. The normalized spacial score (nSPS) is 18.8. The molecule has 1 aromatic heterocycles. The van der Waals surface area contributed by atoms with E-state index in [0.717, 1.165) is 56.2 Å². The number of pyridine rings is 1. The van der Waals surface area contributed by atoms with Crippen LogP contribution in [0.25, 0.3) is 0 Å². The van der Waals surface area contributed by atoms with Crippen molar-refractivity contribution in [1.29, 1.82) is 0 Å². The predicted molar refractivity (Wildman–Crippen MR) is 108 cm³/mol. The van der Waals surface area contributed by atoms with Gasteiger partial charge in [-0.05, 0) is 49.4 Å². The van der Waals surface area contributed by atoms with Crippen molar-refractivity contribution in [2.45, 2.75) is 25.7 Å². The lowest BCUT2D eigenvalue weighted by atomic mass is 9.96. The van der Waals surface area contributed by atoms with Crippen molar-refractivity contribution in [2.75, 3.05) is 38.7 Å². The summed E-state index contributed by atoms with van der Waals surface area (Å²) in [6.07, 6.45) is 6.02. The minimum Gasteiger partial charge on any atom is -0.493 e. The average molecular weight is 381 g/mol. The molecule has 1 aromatic carbocycles. The van der Waals surface area contributed by atoms with Gasteiger partial charge in [-0.25, -0.2) is 4.98 Å². The molecular weight excluding hydrogens is 354 g/mol. The van der Waals surface area contributed by atoms with Crippen LogP contribution in [0, 0.1) is 5.92 Å². The van der Waals surface area contributed by atoms with E-state index in [9.17, 15) is 4.79 Å². The molecule has 0 unspecified atom stereocenters. The standard InChI is InChI=1S/C22H27N3O3/c1-27-19-7-5-6-17-12-16(15-28-21(17)19)13-23-20-9-8-18(14-24-20)22(26)25-10-3-2-4-11-25/h5-9,14,16H,2-4,10-13,15H2,1H3,(H,23,24)/t16-/m1/s1. The fourth-order valence-electron chi connectivity index (χ4n) is 3.90. The highest BCUT2D eigenvalue weighted by molar-refractivity contribution is 5.94. The number of rotatable bonds is 5. The van der Waals surface area contributed by atoms with Gasteiger partial charge in [0.15, 0.2) is 11.5 Å². The van der Waals surface area contributed by atoms with Gasteiger partial charge in [0, 0.05) is 31.7 Å². The maximum Gasteiger partial charge on any atom is 0.255 e. The van der Waals surface area contributed by atoms with E-state index in [1.54, 1.807) is 13.3 Å². The number of piperidine rings is 1. The number of fused-ring (bicyclic) bond motifs is 1. The Labute approximate surface area is 165 Å². The number of carbonyl (C=O) groups excluding carboxylic acids is 1. The average Bonchev–Trinajstić information content (AvgIpc) is 2.77. The molecule has 2 aromatic rings. The first kappa shape index (κ1) is 18.6. The number of hydrogen-bond donors (Lipinski definition) is 1. The van der Waals surface area contributed by atoms with Gasteiger partial charge in [0.25, 0.3) is 5.91 Å². The van der Waals surface area contributed by atoms with Crippen LogP contribution in [0.15, 0.2) is 36.5 Å². The smallest absolute Gasteiger partial charge is 0.255 e. The van der Waals surface area contributed by atoms with Gasteiger partial charge in [-0.1, -0.05) is 12.1 Å². The Balaban J connectivity index is 1.32. The van der Waals surface area contributed by atoms with Crippen molar-refractivity contribution >= 4 is 11.7 Å². The summed E-state index contributed by atoms with van der Waals surface area (Å²) in [5, 5.41) is 3.37. The molecule has 148 valence electrons. The minimum atomic E-state index is 0.0879. The second kappa shape index (κ2) is 8.50. The molecule has 1 atom stereocenters. The number of nitrogens with one attached hydrogen (secondary N) is 1. The topological polar surface area (TPSA) is 63.7 Å². The number of aromatic nitrogens is 1. The van der Waals surface area contributed by atoms with Crippen LogP contribution in [0.1, 0.15) is 35.2 Å². The second-order valence-electron chi connectivity index (χ2n) is 7.50. The lowest BCUT2D eigenvalue weighted by molar-refractivity contribution is 0.0724. The van der Waals surface area contributed by atoms with E-state index >= 15 is 0 Å². The Hall–Kier alpha value is -2.76. The van der Waals surface area contributed by atoms with Gasteiger partial charge < -0.3 is 19.7 Å². The Morgan fingerprint density at radius 2 is 2.11 bits per heavy atom. The number of likely N-dealkylation sites (tertiary alicyclic amines) is 1. The zero-order valence-corrected chi connectivity index (χ0v) is 16.3. The van der Waals surface area contributed by atoms with Crippen molar-refractivity contribution in [1.82, 2.24) is 9.88 Å². The van der Waals surface area contributed by atoms with Crippen LogP contribution in [0.2, 0.25) is 0 Å². The molecule has 28 heavy (non-hydrogen) atoms. The lowest BCUT2D eigenvalue weighted by Gasteiger charge is -2.27. The Morgan fingerprint density at radius 3 is 2.86 bits per heavy atom. The molecule has 0 spiro atoms. The van der Waals surface area contributed by atoms with Gasteiger partial charge in [0.05, 0.1) is 19.3 Å². The van der Waals surface area contributed by atoms with E-state index in [1.165, 1.54) is 12.0 Å². The van der Waals surface area contributed by atoms with Crippen LogP contribution in [0.4, 0.5) is 5.82 Å². The highest BCUT2D eigenvalue weighted by atomic mass is 16.5. The highest BCUT2D eigenvalue weighted by Crippen LogP contribution is 2.36. The molecule has 1 fully saturated rings. The maximum absolute atomic E-state index is 12.5. The summed E-state index contributed by atoms with van der Waals surface area (Å²) < 4.78 is 11.3. The van der Waals surface area contributed by atoms with Crippen LogP contribution in [0.3, 0.4) is 0 Å². The Bertz CT molecular complexity index is 816. The number of methoxy groups -OCH3 is 1. The van der Waals surface area contributed by atoms with Crippen LogP contribution >= 0.6 is 0 Å². The molecule has 1 N–H and O–H groups in total. The van der Waals surface area contributed by atoms with Gasteiger partial charge in [-0.15, -0.1) is 0 Å². The maximum atomic E-state index is 12.5. The Kier molecular flexibility index (Phi) is 5.65. The van der Waals surface area contributed by atoms with Crippen molar-refractivity contribution in [3.63, 3.8) is 0 Å². The highest BCUT2D eigenvalue weighted by Gasteiger charge is 2.23. The van der Waals surface area contributed by atoms with Crippen LogP contribution in [-0.4, -0.2) is 49.1 Å². The van der Waals surface area contributed by atoms with E-state index in [-0.39, 0.29) is 5.91 Å². The van der Waals surface area contributed by atoms with Crippen LogP contribution in [-0.2, 0) is 6.42 Å². The van der Waals surface area contributed by atoms with Crippen molar-refractivity contribution < 1.29 is 14.3 Å². The molecule has 0 saturated carbocycles. The van der Waals surface area contributed by atoms with Crippen LogP contribution < -0.4 is 14.8 Å². The fourth-order valence-corrected chi connectivity index (χ4v) is 3.90. The Morgan fingerprint density at radius 1 is 1.25 bits per heavy atom. The first-order valence-corrected chi connectivity index (χ1v) is 10.0. The van der Waals surface area contributed by atoms with Gasteiger partial charge >= 0.3 is 0 Å². The largest absolute Gasteiger partial charge is 0.493 e. The number of anilines is 1. The zero-order valence-electron chi connectivity index (χ0n) is 16.3. The summed E-state index contributed by atoms with van der Waals surface area (Å²) in [5.74, 6) is 2.88. The molecule has 4 rings (SSSR count). The van der Waals surface area contributed by atoms with Gasteiger partial charge in [0.2, 0.25) is 0 Å². The van der Waals surface area contributed by atoms with Crippen molar-refractivity contribution in [3.05, 3.63) is 47.7 Å². The van der Waals surface area contributed by atoms with E-state index in [2.05, 4.69) is 16.4 Å². The monoisotopic (exact) mass is 381 g/mol. The molecular formula is C22H27N3O3. The number of para-hydroxylation sites is 1. The minimum absolute atomic E-state index is 0.0879. The third-order valence-electron chi connectivity index (χ3n) is 5.48. The second-order valence-corrected chi connectivity index (χ2v) is 7.50. The van der Waals surface area contributed by atoms with E-state index < -0.39 is 0 Å². The SMILES string of the molecule is COc1cccc2c1OC[C@@H](CNc1ccc(C(=O)N3CCCCC3)cn1)C2. The number of benzene rings is 1. The summed E-state index contributed by atoms with van der Waals surface area (Å²) >= 11 is 0. The molecule has 2 aliphatic heterocycles. The molecule has 6 heteroatoms. The molecule has 1 saturated heterocycles. The predicted octanol–water partition coefficient (Wildman–Crippen LogP) is 3.38. The van der Waals surface area contributed by atoms with Crippen LogP contribution in [0.5, 0.6) is 11.5 Å². The zero-order chi connectivity index (χ0) is 19.3. The number of ether oxygens (including phenoxy) is 2. The number of carbonyl (C=O) groups is 1. The first-order chi connectivity index (χ1) is 13.7. The molecule has 2 aliphatic rings. The molecule has 6 nitrogen and oxygen atoms in total. The summed E-state index contributed by atoms with van der Waals surface area (Å²) in [4.78, 5) is 18.9.